The molecule has 4 nitrogen and oxygen atoms in total. The first-order chi connectivity index (χ1) is 10.4. The van der Waals surface area contributed by atoms with E-state index in [0.29, 0.717) is 26.2 Å². The Morgan fingerprint density at radius 2 is 1.86 bits per heavy atom. The maximum absolute atomic E-state index is 13.2. The fourth-order valence-corrected chi connectivity index (χ4v) is 2.19. The number of hydrogen-bond donors (Lipinski definition) is 1. The highest BCUT2D eigenvalue weighted by atomic mass is 128. The first kappa shape index (κ1) is 19.7. The fraction of sp³-hybridized carbons (Fsp3) is 0.462. The van der Waals surface area contributed by atoms with Gasteiger partial charge in [-0.2, -0.15) is 13.2 Å². The van der Waals surface area contributed by atoms with Crippen LogP contribution in [0.2, 0.25) is 0 Å². The van der Waals surface area contributed by atoms with Gasteiger partial charge in [-0.3, -0.25) is 0 Å². The number of nitrogens with one attached hydrogen (secondary N) is 1. The number of ether oxygens (including phenoxy) is 1. The molecule has 1 aliphatic heterocycles. The number of piperazine rings is 1. The van der Waals surface area contributed by atoms with Crippen molar-refractivity contribution in [3.63, 3.8) is 0 Å². The smallest absolute Gasteiger partial charge is 0.418 e. The Morgan fingerprint density at radius 3 is 2.36 bits per heavy atom. The van der Waals surface area contributed by atoms with E-state index in [1.807, 2.05) is 0 Å². The second-order valence-corrected chi connectivity index (χ2v) is 4.46. The summed E-state index contributed by atoms with van der Waals surface area (Å²) in [6, 6.07) is 3.54. The van der Waals surface area contributed by atoms with Crippen molar-refractivity contribution in [2.24, 2.45) is 0 Å². The summed E-state index contributed by atoms with van der Waals surface area (Å²) in [5, 5.41) is 3.08. The van der Waals surface area contributed by atoms with Crippen LogP contribution in [0.3, 0.4) is 0 Å². The molecular weight excluding hydrogens is 527 g/mol. The number of methoxy groups -OCH3 is 1. The Hall–Kier alpha value is -0.300. The molecule has 1 aliphatic rings. The van der Waals surface area contributed by atoms with Crippen LogP contribution in [-0.4, -0.2) is 39.3 Å². The second-order valence-electron chi connectivity index (χ2n) is 4.46. The van der Waals surface area contributed by atoms with Crippen LogP contribution in [0.25, 0.3) is 0 Å². The van der Waals surface area contributed by atoms with Crippen molar-refractivity contribution >= 4 is 48.9 Å². The van der Waals surface area contributed by atoms with Crippen LogP contribution in [0.15, 0.2) is 18.2 Å². The summed E-state index contributed by atoms with van der Waals surface area (Å²) < 4.78 is 43.9. The van der Waals surface area contributed by atoms with Gasteiger partial charge < -0.3 is 15.0 Å². The van der Waals surface area contributed by atoms with E-state index in [-0.39, 0.29) is 11.3 Å². The lowest BCUT2D eigenvalue weighted by atomic mass is 10.1. The van der Waals surface area contributed by atoms with Gasteiger partial charge in [0.2, 0.25) is 0 Å². The lowest BCUT2D eigenvalue weighted by Gasteiger charge is -2.31. The SMILES string of the molecule is COC(=O)c1ccc(N2CCNCC2)c(C(F)(F)F)c1.II. The summed E-state index contributed by atoms with van der Waals surface area (Å²) in [6.07, 6.45) is -4.51. The van der Waals surface area contributed by atoms with Gasteiger partial charge >= 0.3 is 12.1 Å². The number of alkyl halides is 3. The molecule has 0 bridgehead atoms. The largest absolute Gasteiger partial charge is 0.465 e. The normalized spacial score (nSPS) is 14.9. The Kier molecular flexibility index (Phi) is 8.17. The van der Waals surface area contributed by atoms with Crippen molar-refractivity contribution in [2.75, 3.05) is 38.2 Å². The maximum Gasteiger partial charge on any atom is 0.418 e. The molecule has 1 aromatic rings. The summed E-state index contributed by atoms with van der Waals surface area (Å²) in [6.45, 7) is 2.27. The number of rotatable bonds is 2. The highest BCUT2D eigenvalue weighted by molar-refractivity contribution is 15.0. The fourth-order valence-electron chi connectivity index (χ4n) is 2.19. The number of halogens is 5. The molecule has 0 saturated carbocycles. The van der Waals surface area contributed by atoms with Crippen LogP contribution in [0.5, 0.6) is 0 Å². The van der Waals surface area contributed by atoms with Crippen LogP contribution < -0.4 is 10.2 Å². The van der Waals surface area contributed by atoms with Crippen molar-refractivity contribution in [3.05, 3.63) is 29.3 Å². The zero-order valence-electron chi connectivity index (χ0n) is 11.7. The molecule has 0 spiro atoms. The topological polar surface area (TPSA) is 41.6 Å². The minimum atomic E-state index is -4.51. The summed E-state index contributed by atoms with van der Waals surface area (Å²) in [7, 11) is 1.14. The minimum absolute atomic E-state index is 0.0984. The van der Waals surface area contributed by atoms with E-state index in [9.17, 15) is 18.0 Å². The summed E-state index contributed by atoms with van der Waals surface area (Å²) >= 11 is 4.24. The van der Waals surface area contributed by atoms with Gasteiger partial charge in [0.25, 0.3) is 0 Å². The summed E-state index contributed by atoms with van der Waals surface area (Å²) in [4.78, 5) is 13.0. The monoisotopic (exact) mass is 542 g/mol. The third-order valence-corrected chi connectivity index (χ3v) is 3.18. The van der Waals surface area contributed by atoms with Crippen LogP contribution in [-0.2, 0) is 10.9 Å². The van der Waals surface area contributed by atoms with Gasteiger partial charge in [-0.25, -0.2) is 4.79 Å². The molecule has 22 heavy (non-hydrogen) atoms. The number of esters is 1. The first-order valence-electron chi connectivity index (χ1n) is 6.33. The van der Waals surface area contributed by atoms with Crippen molar-refractivity contribution in [1.82, 2.24) is 5.32 Å². The van der Waals surface area contributed by atoms with Crippen molar-refractivity contribution in [3.8, 4) is 0 Å². The molecule has 1 aromatic carbocycles. The highest BCUT2D eigenvalue weighted by Gasteiger charge is 2.36. The van der Waals surface area contributed by atoms with Crippen LogP contribution >= 0.6 is 37.2 Å². The third-order valence-electron chi connectivity index (χ3n) is 3.18. The standard InChI is InChI=1S/C13H15F3N2O2.I2/c1-20-12(19)9-2-3-11(10(8-9)13(14,15)16)18-6-4-17-5-7-18;1-2/h2-3,8,17H,4-7H2,1H3;. The number of carbonyl (C=O) groups is 1. The predicted octanol–water partition coefficient (Wildman–Crippen LogP) is 3.67. The molecule has 1 N–H and O–H groups in total. The maximum atomic E-state index is 13.2. The number of anilines is 1. The van der Waals surface area contributed by atoms with Gasteiger partial charge in [0.1, 0.15) is 0 Å². The molecule has 0 atom stereocenters. The Balaban J connectivity index is 0.00000116. The average molecular weight is 542 g/mol. The van der Waals surface area contributed by atoms with E-state index in [4.69, 9.17) is 0 Å². The second kappa shape index (κ2) is 9.11. The lowest BCUT2D eigenvalue weighted by molar-refractivity contribution is -0.137. The molecule has 1 heterocycles. The van der Waals surface area contributed by atoms with Gasteiger partial charge in [0.15, 0.2) is 0 Å². The van der Waals surface area contributed by atoms with Crippen molar-refractivity contribution < 1.29 is 22.7 Å². The van der Waals surface area contributed by atoms with E-state index < -0.39 is 17.7 Å². The lowest BCUT2D eigenvalue weighted by Crippen LogP contribution is -2.44. The van der Waals surface area contributed by atoms with Gasteiger partial charge in [-0.05, 0) is 18.2 Å². The van der Waals surface area contributed by atoms with Crippen LogP contribution in [0.4, 0.5) is 18.9 Å². The summed E-state index contributed by atoms with van der Waals surface area (Å²) in [5.41, 5.74) is -0.798. The van der Waals surface area contributed by atoms with Gasteiger partial charge in [-0.15, -0.1) is 0 Å². The molecule has 1 fully saturated rings. The number of benzene rings is 1. The van der Waals surface area contributed by atoms with E-state index >= 15 is 0 Å². The molecule has 0 amide bonds. The van der Waals surface area contributed by atoms with Crippen LogP contribution in [0, 0.1) is 0 Å². The molecule has 0 radical (unpaired) electrons. The van der Waals surface area contributed by atoms with Gasteiger partial charge in [0.05, 0.1) is 18.2 Å². The molecule has 0 unspecified atom stereocenters. The van der Waals surface area contributed by atoms with Gasteiger partial charge in [-0.1, -0.05) is 0 Å². The average Bonchev–Trinajstić information content (AvgIpc) is 2.55. The zero-order valence-corrected chi connectivity index (χ0v) is 16.0. The van der Waals surface area contributed by atoms with E-state index in [0.717, 1.165) is 13.2 Å². The van der Waals surface area contributed by atoms with Crippen LogP contribution in [0.1, 0.15) is 15.9 Å². The Morgan fingerprint density at radius 1 is 1.27 bits per heavy atom. The molecular formula is C13H15F3I2N2O2. The zero-order chi connectivity index (χ0) is 16.8. The molecule has 0 aromatic heterocycles. The van der Waals surface area contributed by atoms with E-state index in [1.165, 1.54) is 12.1 Å². The number of hydrogen-bond acceptors (Lipinski definition) is 4. The quantitative estimate of drug-likeness (QED) is 0.458. The van der Waals surface area contributed by atoms with Crippen molar-refractivity contribution in [2.45, 2.75) is 6.18 Å². The number of carbonyl (C=O) groups excluding carboxylic acids is 1. The molecule has 0 aliphatic carbocycles. The Labute approximate surface area is 150 Å². The van der Waals surface area contributed by atoms with Crippen molar-refractivity contribution in [1.29, 1.82) is 0 Å². The number of nitrogens with zero attached hydrogens (tertiary/aromatic N) is 1. The molecule has 124 valence electrons. The molecule has 1 saturated heterocycles. The van der Waals surface area contributed by atoms with Gasteiger partial charge in [0, 0.05) is 69.1 Å². The Bertz CT molecular complexity index is 507. The van der Waals surface area contributed by atoms with E-state index in [2.05, 4.69) is 47.3 Å². The molecule has 2 rings (SSSR count). The van der Waals surface area contributed by atoms with E-state index in [1.54, 1.807) is 4.90 Å². The molecule has 9 heteroatoms. The third kappa shape index (κ3) is 5.11. The highest BCUT2D eigenvalue weighted by Crippen LogP contribution is 2.37. The predicted molar refractivity (Wildman–Crippen MR) is 95.9 cm³/mol. The summed E-state index contributed by atoms with van der Waals surface area (Å²) in [5.74, 6) is -0.776. The minimum Gasteiger partial charge on any atom is -0.465 e. The first-order valence-corrected chi connectivity index (χ1v) is 12.6.